The van der Waals surface area contributed by atoms with Gasteiger partial charge in [0.05, 0.1) is 0 Å². The summed E-state index contributed by atoms with van der Waals surface area (Å²) in [5, 5.41) is 5.77. The lowest BCUT2D eigenvalue weighted by molar-refractivity contribution is -0.118. The first-order chi connectivity index (χ1) is 13.2. The lowest BCUT2D eigenvalue weighted by Gasteiger charge is -2.19. The molecule has 0 aromatic heterocycles. The molecule has 28 heavy (non-hydrogen) atoms. The number of hydrogen-bond donors (Lipinski definition) is 2. The van der Waals surface area contributed by atoms with Gasteiger partial charge in [0.2, 0.25) is 5.91 Å². The summed E-state index contributed by atoms with van der Waals surface area (Å²) in [6, 6.07) is 13.3. The van der Waals surface area contributed by atoms with Gasteiger partial charge in [-0.3, -0.25) is 9.59 Å². The van der Waals surface area contributed by atoms with Crippen LogP contribution < -0.4 is 15.4 Å². The highest BCUT2D eigenvalue weighted by molar-refractivity contribution is 5.96. The standard InChI is InChI=1S/C23H28N2O3/c1-15-8-11-18(24-22(27)16-9-10-16)13-20(15)25-21(26)14-28-19-7-5-6-17(12-19)23(2,3)4/h5-8,11-13,16H,9-10,14H2,1-4H3,(H,24,27)(H,25,26). The van der Waals surface area contributed by atoms with Crippen LogP contribution in [-0.4, -0.2) is 18.4 Å². The molecule has 0 bridgehead atoms. The van der Waals surface area contributed by atoms with E-state index in [4.69, 9.17) is 4.74 Å². The number of ether oxygens (including phenoxy) is 1. The van der Waals surface area contributed by atoms with E-state index in [1.165, 1.54) is 0 Å². The number of anilines is 2. The number of amides is 2. The minimum atomic E-state index is -0.241. The van der Waals surface area contributed by atoms with Crippen molar-refractivity contribution in [2.75, 3.05) is 17.2 Å². The Balaban J connectivity index is 1.59. The zero-order valence-corrected chi connectivity index (χ0v) is 17.0. The van der Waals surface area contributed by atoms with E-state index in [0.717, 1.165) is 24.0 Å². The van der Waals surface area contributed by atoms with Crippen molar-refractivity contribution in [1.82, 2.24) is 0 Å². The van der Waals surface area contributed by atoms with Crippen LogP contribution in [0.1, 0.15) is 44.7 Å². The van der Waals surface area contributed by atoms with Gasteiger partial charge in [0.25, 0.3) is 5.91 Å². The largest absolute Gasteiger partial charge is 0.484 e. The molecule has 3 rings (SSSR count). The summed E-state index contributed by atoms with van der Waals surface area (Å²) in [4.78, 5) is 24.3. The first-order valence-corrected chi connectivity index (χ1v) is 9.67. The Morgan fingerprint density at radius 3 is 2.50 bits per heavy atom. The summed E-state index contributed by atoms with van der Waals surface area (Å²) in [5.74, 6) is 0.611. The fourth-order valence-electron chi connectivity index (χ4n) is 2.81. The Kier molecular flexibility index (Phi) is 5.73. The van der Waals surface area contributed by atoms with E-state index in [0.29, 0.717) is 17.1 Å². The van der Waals surface area contributed by atoms with Crippen LogP contribution in [0, 0.1) is 12.8 Å². The van der Waals surface area contributed by atoms with Crippen molar-refractivity contribution in [3.8, 4) is 5.75 Å². The third-order valence-corrected chi connectivity index (χ3v) is 4.80. The molecule has 5 heteroatoms. The van der Waals surface area contributed by atoms with Crippen molar-refractivity contribution in [1.29, 1.82) is 0 Å². The molecule has 0 atom stereocenters. The third-order valence-electron chi connectivity index (χ3n) is 4.80. The van der Waals surface area contributed by atoms with Crippen LogP contribution in [0.3, 0.4) is 0 Å². The van der Waals surface area contributed by atoms with Gasteiger partial charge in [-0.15, -0.1) is 0 Å². The number of hydrogen-bond acceptors (Lipinski definition) is 3. The van der Waals surface area contributed by atoms with E-state index in [9.17, 15) is 9.59 Å². The maximum Gasteiger partial charge on any atom is 0.262 e. The highest BCUT2D eigenvalue weighted by Crippen LogP contribution is 2.31. The highest BCUT2D eigenvalue weighted by atomic mass is 16.5. The molecule has 1 saturated carbocycles. The van der Waals surface area contributed by atoms with Crippen LogP contribution in [0.4, 0.5) is 11.4 Å². The average Bonchev–Trinajstić information content (AvgIpc) is 3.47. The molecular weight excluding hydrogens is 352 g/mol. The monoisotopic (exact) mass is 380 g/mol. The topological polar surface area (TPSA) is 67.4 Å². The maximum atomic E-state index is 12.3. The minimum Gasteiger partial charge on any atom is -0.484 e. The Morgan fingerprint density at radius 2 is 1.82 bits per heavy atom. The van der Waals surface area contributed by atoms with Crippen LogP contribution >= 0.6 is 0 Å². The van der Waals surface area contributed by atoms with Gasteiger partial charge in [-0.05, 0) is 60.6 Å². The number of nitrogens with one attached hydrogen (secondary N) is 2. The van der Waals surface area contributed by atoms with Gasteiger partial charge in [0.15, 0.2) is 6.61 Å². The molecule has 2 aromatic carbocycles. The molecule has 0 aliphatic heterocycles. The third kappa shape index (κ3) is 5.35. The van der Waals surface area contributed by atoms with Gasteiger partial charge in [-0.25, -0.2) is 0 Å². The zero-order valence-electron chi connectivity index (χ0n) is 17.0. The molecule has 0 unspecified atom stereocenters. The number of aryl methyl sites for hydroxylation is 1. The quantitative estimate of drug-likeness (QED) is 0.766. The smallest absolute Gasteiger partial charge is 0.262 e. The van der Waals surface area contributed by atoms with Gasteiger partial charge in [0, 0.05) is 17.3 Å². The summed E-state index contributed by atoms with van der Waals surface area (Å²) >= 11 is 0. The molecule has 0 saturated heterocycles. The minimum absolute atomic E-state index is 0.0179. The van der Waals surface area contributed by atoms with Crippen LogP contribution in [0.2, 0.25) is 0 Å². The number of carbonyl (C=O) groups is 2. The summed E-state index contributed by atoms with van der Waals surface area (Å²) in [6.45, 7) is 8.24. The van der Waals surface area contributed by atoms with Gasteiger partial charge in [-0.1, -0.05) is 39.0 Å². The Hall–Kier alpha value is -2.82. The summed E-state index contributed by atoms with van der Waals surface area (Å²) < 4.78 is 5.67. The average molecular weight is 380 g/mol. The molecule has 0 spiro atoms. The van der Waals surface area contributed by atoms with Gasteiger partial charge >= 0.3 is 0 Å². The van der Waals surface area contributed by atoms with Crippen molar-refractivity contribution in [3.05, 3.63) is 53.6 Å². The van der Waals surface area contributed by atoms with Crippen molar-refractivity contribution in [2.45, 2.75) is 46.0 Å². The van der Waals surface area contributed by atoms with Crippen LogP contribution in [0.25, 0.3) is 0 Å². The molecule has 5 nitrogen and oxygen atoms in total. The van der Waals surface area contributed by atoms with Crippen LogP contribution in [0.15, 0.2) is 42.5 Å². The van der Waals surface area contributed by atoms with Gasteiger partial charge in [0.1, 0.15) is 5.75 Å². The van der Waals surface area contributed by atoms with Crippen molar-refractivity contribution >= 4 is 23.2 Å². The Morgan fingerprint density at radius 1 is 1.07 bits per heavy atom. The first-order valence-electron chi connectivity index (χ1n) is 9.67. The van der Waals surface area contributed by atoms with Gasteiger partial charge < -0.3 is 15.4 Å². The highest BCUT2D eigenvalue weighted by Gasteiger charge is 2.29. The van der Waals surface area contributed by atoms with E-state index in [2.05, 4.69) is 37.5 Å². The molecule has 1 fully saturated rings. The number of rotatable bonds is 6. The molecule has 0 heterocycles. The summed E-state index contributed by atoms with van der Waals surface area (Å²) in [7, 11) is 0. The SMILES string of the molecule is Cc1ccc(NC(=O)C2CC2)cc1NC(=O)COc1cccc(C(C)(C)C)c1. The molecular formula is C23H28N2O3. The van der Waals surface area contributed by atoms with E-state index in [-0.39, 0.29) is 29.8 Å². The maximum absolute atomic E-state index is 12.3. The molecule has 2 amide bonds. The number of benzene rings is 2. The fourth-order valence-corrected chi connectivity index (χ4v) is 2.81. The number of carbonyl (C=O) groups excluding carboxylic acids is 2. The second kappa shape index (κ2) is 8.05. The summed E-state index contributed by atoms with van der Waals surface area (Å²) in [5.41, 5.74) is 3.46. The van der Waals surface area contributed by atoms with Crippen molar-refractivity contribution < 1.29 is 14.3 Å². The fraction of sp³-hybridized carbons (Fsp3) is 0.391. The molecule has 1 aliphatic carbocycles. The van der Waals surface area contributed by atoms with E-state index in [1.807, 2.05) is 37.3 Å². The lowest BCUT2D eigenvalue weighted by atomic mass is 9.87. The first kappa shape index (κ1) is 19.9. The predicted molar refractivity (Wildman–Crippen MR) is 112 cm³/mol. The van der Waals surface area contributed by atoms with Crippen molar-refractivity contribution in [2.24, 2.45) is 5.92 Å². The van der Waals surface area contributed by atoms with E-state index >= 15 is 0 Å². The normalized spacial score (nSPS) is 13.7. The lowest BCUT2D eigenvalue weighted by Crippen LogP contribution is -2.21. The van der Waals surface area contributed by atoms with E-state index in [1.54, 1.807) is 6.07 Å². The predicted octanol–water partition coefficient (Wildman–Crippen LogP) is 4.66. The van der Waals surface area contributed by atoms with Crippen LogP contribution in [0.5, 0.6) is 5.75 Å². The van der Waals surface area contributed by atoms with E-state index < -0.39 is 0 Å². The summed E-state index contributed by atoms with van der Waals surface area (Å²) in [6.07, 6.45) is 1.91. The second-order valence-electron chi connectivity index (χ2n) is 8.41. The molecule has 2 aromatic rings. The second-order valence-corrected chi connectivity index (χ2v) is 8.41. The molecule has 1 aliphatic rings. The Labute approximate surface area is 166 Å². The zero-order chi connectivity index (χ0) is 20.3. The molecule has 0 radical (unpaired) electrons. The molecule has 148 valence electrons. The Bertz CT molecular complexity index is 880. The molecule has 2 N–H and O–H groups in total. The van der Waals surface area contributed by atoms with Gasteiger partial charge in [-0.2, -0.15) is 0 Å². The van der Waals surface area contributed by atoms with Crippen molar-refractivity contribution in [3.63, 3.8) is 0 Å². The van der Waals surface area contributed by atoms with Crippen LogP contribution in [-0.2, 0) is 15.0 Å².